The van der Waals surface area contributed by atoms with E-state index in [0.717, 1.165) is 0 Å². The van der Waals surface area contributed by atoms with Gasteiger partial charge in [0.15, 0.2) is 0 Å². The number of carbonyl (C=O) groups excluding carboxylic acids is 1. The number of rotatable bonds is 9. The first-order valence-electron chi connectivity index (χ1n) is 6.99. The van der Waals surface area contributed by atoms with E-state index in [1.54, 1.807) is 29.2 Å². The first kappa shape index (κ1) is 16.5. The Bertz CT molecular complexity index is 383. The van der Waals surface area contributed by atoms with Crippen molar-refractivity contribution in [1.29, 1.82) is 0 Å². The Morgan fingerprint density at radius 1 is 1.05 bits per heavy atom. The van der Waals surface area contributed by atoms with Gasteiger partial charge in [0.25, 0.3) is 5.91 Å². The molecule has 1 rings (SSSR count). The third kappa shape index (κ3) is 5.59. The lowest BCUT2D eigenvalue weighted by Crippen LogP contribution is -2.36. The normalized spacial score (nSPS) is 10.5. The molecule has 0 aliphatic rings. The van der Waals surface area contributed by atoms with Crippen LogP contribution in [-0.2, 0) is 9.47 Å². The highest BCUT2D eigenvalue weighted by Crippen LogP contribution is 2.09. The molecule has 0 radical (unpaired) electrons. The zero-order chi connectivity index (χ0) is 14.8. The van der Waals surface area contributed by atoms with Crippen LogP contribution in [0.2, 0.25) is 0 Å². The van der Waals surface area contributed by atoms with Crippen molar-refractivity contribution < 1.29 is 14.3 Å². The van der Waals surface area contributed by atoms with Crippen LogP contribution in [0.1, 0.15) is 24.2 Å². The average molecular weight is 280 g/mol. The Morgan fingerprint density at radius 2 is 1.55 bits per heavy atom. The molecule has 1 aromatic carbocycles. The number of hydrogen-bond acceptors (Lipinski definition) is 4. The zero-order valence-electron chi connectivity index (χ0n) is 12.3. The number of ether oxygens (including phenoxy) is 2. The summed E-state index contributed by atoms with van der Waals surface area (Å²) in [6.07, 6.45) is 0. The summed E-state index contributed by atoms with van der Waals surface area (Å²) in [5, 5.41) is 0. The molecule has 20 heavy (non-hydrogen) atoms. The van der Waals surface area contributed by atoms with E-state index in [1.807, 2.05) is 13.8 Å². The van der Waals surface area contributed by atoms with E-state index in [2.05, 4.69) is 0 Å². The molecule has 0 spiro atoms. The molecule has 112 valence electrons. The predicted molar refractivity (Wildman–Crippen MR) is 79.7 cm³/mol. The molecule has 0 atom stereocenters. The smallest absolute Gasteiger partial charge is 0.254 e. The fraction of sp³-hybridized carbons (Fsp3) is 0.533. The van der Waals surface area contributed by atoms with Crippen molar-refractivity contribution in [2.75, 3.05) is 45.3 Å². The number of nitrogen functional groups attached to an aromatic ring is 1. The monoisotopic (exact) mass is 280 g/mol. The van der Waals surface area contributed by atoms with Gasteiger partial charge >= 0.3 is 0 Å². The van der Waals surface area contributed by atoms with Crippen molar-refractivity contribution in [3.8, 4) is 0 Å². The van der Waals surface area contributed by atoms with Crippen molar-refractivity contribution in [1.82, 2.24) is 4.90 Å². The Hall–Kier alpha value is -1.59. The highest BCUT2D eigenvalue weighted by molar-refractivity contribution is 5.94. The molecule has 1 amide bonds. The van der Waals surface area contributed by atoms with Gasteiger partial charge in [-0.05, 0) is 38.1 Å². The number of nitrogens with two attached hydrogens (primary N) is 1. The van der Waals surface area contributed by atoms with E-state index in [0.29, 0.717) is 50.8 Å². The standard InChI is InChI=1S/C15H24N2O3/c1-3-19-11-9-17(10-12-20-4-2)15(18)13-5-7-14(16)8-6-13/h5-8H,3-4,9-12,16H2,1-2H3. The summed E-state index contributed by atoms with van der Waals surface area (Å²) in [6, 6.07) is 6.95. The summed E-state index contributed by atoms with van der Waals surface area (Å²) < 4.78 is 10.6. The van der Waals surface area contributed by atoms with Crippen LogP contribution in [-0.4, -0.2) is 50.3 Å². The highest BCUT2D eigenvalue weighted by Gasteiger charge is 2.15. The Kier molecular flexibility index (Phi) is 7.69. The van der Waals surface area contributed by atoms with Crippen LogP contribution in [0, 0.1) is 0 Å². The second-order valence-electron chi connectivity index (χ2n) is 4.31. The first-order chi connectivity index (χ1) is 9.69. The van der Waals surface area contributed by atoms with Gasteiger partial charge in [-0.1, -0.05) is 0 Å². The van der Waals surface area contributed by atoms with E-state index in [1.165, 1.54) is 0 Å². The van der Waals surface area contributed by atoms with E-state index in [9.17, 15) is 4.79 Å². The van der Waals surface area contributed by atoms with Crippen molar-refractivity contribution >= 4 is 11.6 Å². The number of nitrogens with zero attached hydrogens (tertiary/aromatic N) is 1. The van der Waals surface area contributed by atoms with Gasteiger partial charge in [0.2, 0.25) is 0 Å². The second-order valence-corrected chi connectivity index (χ2v) is 4.31. The molecule has 0 saturated heterocycles. The lowest BCUT2D eigenvalue weighted by atomic mass is 10.2. The molecule has 0 aliphatic carbocycles. The van der Waals surface area contributed by atoms with Crippen LogP contribution in [0.5, 0.6) is 0 Å². The van der Waals surface area contributed by atoms with Gasteiger partial charge in [0.1, 0.15) is 0 Å². The molecule has 5 heteroatoms. The quantitative estimate of drug-likeness (QED) is 0.553. The molecule has 0 aromatic heterocycles. The molecule has 0 bridgehead atoms. The Labute approximate surface area is 120 Å². The number of carbonyl (C=O) groups is 1. The minimum Gasteiger partial charge on any atom is -0.399 e. The molecule has 0 unspecified atom stereocenters. The predicted octanol–water partition coefficient (Wildman–Crippen LogP) is 1.78. The molecule has 0 fully saturated rings. The minimum atomic E-state index is -0.0237. The summed E-state index contributed by atoms with van der Waals surface area (Å²) >= 11 is 0. The maximum Gasteiger partial charge on any atom is 0.254 e. The summed E-state index contributed by atoms with van der Waals surface area (Å²) in [5.74, 6) is -0.0237. The SMILES string of the molecule is CCOCCN(CCOCC)C(=O)c1ccc(N)cc1. The van der Waals surface area contributed by atoms with Crippen LogP contribution in [0.25, 0.3) is 0 Å². The van der Waals surface area contributed by atoms with Crippen LogP contribution in [0.15, 0.2) is 24.3 Å². The van der Waals surface area contributed by atoms with Gasteiger partial charge in [0, 0.05) is 37.6 Å². The van der Waals surface area contributed by atoms with Crippen LogP contribution >= 0.6 is 0 Å². The summed E-state index contributed by atoms with van der Waals surface area (Å²) in [4.78, 5) is 14.2. The molecule has 1 aromatic rings. The molecular formula is C15H24N2O3. The molecule has 0 heterocycles. The van der Waals surface area contributed by atoms with Gasteiger partial charge in [-0.25, -0.2) is 0 Å². The zero-order valence-corrected chi connectivity index (χ0v) is 12.3. The van der Waals surface area contributed by atoms with E-state index in [-0.39, 0.29) is 5.91 Å². The highest BCUT2D eigenvalue weighted by atomic mass is 16.5. The largest absolute Gasteiger partial charge is 0.399 e. The number of amides is 1. The molecule has 0 aliphatic heterocycles. The molecule has 5 nitrogen and oxygen atoms in total. The average Bonchev–Trinajstić information content (AvgIpc) is 2.46. The van der Waals surface area contributed by atoms with E-state index in [4.69, 9.17) is 15.2 Å². The van der Waals surface area contributed by atoms with Gasteiger partial charge in [-0.2, -0.15) is 0 Å². The Morgan fingerprint density at radius 3 is 2.00 bits per heavy atom. The molecule has 0 saturated carbocycles. The summed E-state index contributed by atoms with van der Waals surface area (Å²) in [7, 11) is 0. The van der Waals surface area contributed by atoms with Gasteiger partial charge in [-0.15, -0.1) is 0 Å². The van der Waals surface area contributed by atoms with Gasteiger partial charge in [-0.3, -0.25) is 4.79 Å². The summed E-state index contributed by atoms with van der Waals surface area (Å²) in [5.41, 5.74) is 6.92. The first-order valence-corrected chi connectivity index (χ1v) is 6.99. The number of anilines is 1. The van der Waals surface area contributed by atoms with Crippen molar-refractivity contribution in [3.63, 3.8) is 0 Å². The lowest BCUT2D eigenvalue weighted by molar-refractivity contribution is 0.0550. The van der Waals surface area contributed by atoms with E-state index < -0.39 is 0 Å². The van der Waals surface area contributed by atoms with Crippen molar-refractivity contribution in [3.05, 3.63) is 29.8 Å². The van der Waals surface area contributed by atoms with Gasteiger partial charge in [0.05, 0.1) is 13.2 Å². The summed E-state index contributed by atoms with van der Waals surface area (Å²) in [6.45, 7) is 7.35. The van der Waals surface area contributed by atoms with E-state index >= 15 is 0 Å². The third-order valence-electron chi connectivity index (χ3n) is 2.86. The third-order valence-corrected chi connectivity index (χ3v) is 2.86. The fourth-order valence-electron chi connectivity index (χ4n) is 1.76. The maximum absolute atomic E-state index is 12.4. The maximum atomic E-state index is 12.4. The number of benzene rings is 1. The minimum absolute atomic E-state index is 0.0237. The van der Waals surface area contributed by atoms with Crippen LogP contribution in [0.4, 0.5) is 5.69 Å². The fourth-order valence-corrected chi connectivity index (χ4v) is 1.76. The topological polar surface area (TPSA) is 64.8 Å². The Balaban J connectivity index is 2.63. The van der Waals surface area contributed by atoms with Crippen molar-refractivity contribution in [2.24, 2.45) is 0 Å². The molecular weight excluding hydrogens is 256 g/mol. The lowest BCUT2D eigenvalue weighted by Gasteiger charge is -2.22. The number of hydrogen-bond donors (Lipinski definition) is 1. The van der Waals surface area contributed by atoms with Crippen LogP contribution < -0.4 is 5.73 Å². The second kappa shape index (κ2) is 9.34. The van der Waals surface area contributed by atoms with Gasteiger partial charge < -0.3 is 20.1 Å². The van der Waals surface area contributed by atoms with Crippen LogP contribution in [0.3, 0.4) is 0 Å². The molecule has 2 N–H and O–H groups in total. The van der Waals surface area contributed by atoms with Crippen molar-refractivity contribution in [2.45, 2.75) is 13.8 Å².